The molecule has 1 amide bonds. The van der Waals surface area contributed by atoms with E-state index in [0.29, 0.717) is 5.92 Å². The Morgan fingerprint density at radius 1 is 1.27 bits per heavy atom. The van der Waals surface area contributed by atoms with Crippen LogP contribution in [0.15, 0.2) is 6.07 Å². The van der Waals surface area contributed by atoms with Crippen LogP contribution >= 0.6 is 0 Å². The summed E-state index contributed by atoms with van der Waals surface area (Å²) in [5.41, 5.74) is 1.11. The zero-order valence-corrected chi connectivity index (χ0v) is 14.3. The fourth-order valence-corrected chi connectivity index (χ4v) is 3.12. The Morgan fingerprint density at radius 2 is 1.95 bits per heavy atom. The second kappa shape index (κ2) is 7.77. The standard InChI is InChI=1S/C15H23N3O2.C2H6/c1-11-3-6-18-14(17(2)15(11)19)10-13(16-18)9-12-4-7-20-8-5-12;1-2/h10-12H,3-9H2,1-2H3;1-2H3. The summed E-state index contributed by atoms with van der Waals surface area (Å²) in [6, 6.07) is 2.09. The number of amides is 1. The van der Waals surface area contributed by atoms with E-state index in [4.69, 9.17) is 9.84 Å². The number of aryl methyl sites for hydroxylation is 1. The van der Waals surface area contributed by atoms with Crippen LogP contribution in [0.3, 0.4) is 0 Å². The first-order chi connectivity index (χ1) is 10.6. The molecule has 3 rings (SSSR count). The van der Waals surface area contributed by atoms with E-state index in [9.17, 15) is 4.79 Å². The first kappa shape index (κ1) is 17.0. The maximum absolute atomic E-state index is 12.2. The predicted octanol–water partition coefficient (Wildman–Crippen LogP) is 2.88. The zero-order chi connectivity index (χ0) is 16.1. The molecule has 1 aromatic rings. The summed E-state index contributed by atoms with van der Waals surface area (Å²) in [6.45, 7) is 8.57. The number of nitrogens with zero attached hydrogens (tertiary/aromatic N) is 3. The summed E-state index contributed by atoms with van der Waals surface area (Å²) in [4.78, 5) is 13.9. The third-order valence-electron chi connectivity index (χ3n) is 4.52. The summed E-state index contributed by atoms with van der Waals surface area (Å²) >= 11 is 0. The molecule has 0 aromatic carbocycles. The van der Waals surface area contributed by atoms with E-state index >= 15 is 0 Å². The van der Waals surface area contributed by atoms with Gasteiger partial charge in [0.2, 0.25) is 5.91 Å². The van der Waals surface area contributed by atoms with Gasteiger partial charge in [0, 0.05) is 38.8 Å². The molecule has 1 fully saturated rings. The van der Waals surface area contributed by atoms with Gasteiger partial charge in [-0.05, 0) is 31.6 Å². The number of hydrogen-bond acceptors (Lipinski definition) is 3. The van der Waals surface area contributed by atoms with Crippen LogP contribution in [0.4, 0.5) is 5.82 Å². The summed E-state index contributed by atoms with van der Waals surface area (Å²) in [5, 5.41) is 4.71. The minimum atomic E-state index is 0.0839. The third kappa shape index (κ3) is 3.69. The van der Waals surface area contributed by atoms with Crippen molar-refractivity contribution < 1.29 is 9.53 Å². The van der Waals surface area contributed by atoms with E-state index in [1.165, 1.54) is 0 Å². The lowest BCUT2D eigenvalue weighted by Gasteiger charge is -2.20. The maximum atomic E-state index is 12.2. The van der Waals surface area contributed by atoms with Crippen molar-refractivity contribution in [3.63, 3.8) is 0 Å². The Kier molecular flexibility index (Phi) is 6.00. The van der Waals surface area contributed by atoms with Gasteiger partial charge in [0.1, 0.15) is 5.82 Å². The van der Waals surface area contributed by atoms with Crippen molar-refractivity contribution in [3.05, 3.63) is 11.8 Å². The van der Waals surface area contributed by atoms with Crippen molar-refractivity contribution in [2.24, 2.45) is 11.8 Å². The van der Waals surface area contributed by atoms with Gasteiger partial charge in [0.15, 0.2) is 0 Å². The fourth-order valence-electron chi connectivity index (χ4n) is 3.12. The normalized spacial score (nSPS) is 22.6. The quantitative estimate of drug-likeness (QED) is 0.844. The van der Waals surface area contributed by atoms with Crippen molar-refractivity contribution in [1.82, 2.24) is 9.78 Å². The van der Waals surface area contributed by atoms with Crippen LogP contribution in [0.25, 0.3) is 0 Å². The second-order valence-electron chi connectivity index (χ2n) is 6.06. The molecule has 22 heavy (non-hydrogen) atoms. The first-order valence-electron chi connectivity index (χ1n) is 8.57. The monoisotopic (exact) mass is 307 g/mol. The van der Waals surface area contributed by atoms with Gasteiger partial charge in [-0.15, -0.1) is 0 Å². The summed E-state index contributed by atoms with van der Waals surface area (Å²) < 4.78 is 7.40. The molecule has 0 N–H and O–H groups in total. The molecule has 1 atom stereocenters. The average Bonchev–Trinajstić information content (AvgIpc) is 2.93. The molecule has 5 nitrogen and oxygen atoms in total. The Labute approximate surface area is 133 Å². The Morgan fingerprint density at radius 3 is 2.64 bits per heavy atom. The molecule has 0 radical (unpaired) electrons. The Balaban J connectivity index is 0.000000847. The van der Waals surface area contributed by atoms with Crippen molar-refractivity contribution in [1.29, 1.82) is 0 Å². The highest BCUT2D eigenvalue weighted by Gasteiger charge is 2.27. The highest BCUT2D eigenvalue weighted by Crippen LogP contribution is 2.26. The molecular weight excluding hydrogens is 278 g/mol. The molecule has 0 aliphatic carbocycles. The SMILES string of the molecule is CC.CC1CCn2nc(CC3CCOCC3)cc2N(C)C1=O. The third-order valence-corrected chi connectivity index (χ3v) is 4.52. The molecule has 1 unspecified atom stereocenters. The summed E-state index contributed by atoms with van der Waals surface area (Å²) in [5.74, 6) is 1.89. The van der Waals surface area contributed by atoms with Gasteiger partial charge >= 0.3 is 0 Å². The lowest BCUT2D eigenvalue weighted by molar-refractivity contribution is -0.121. The number of anilines is 1. The highest BCUT2D eigenvalue weighted by atomic mass is 16.5. The molecular formula is C17H29N3O2. The van der Waals surface area contributed by atoms with E-state index in [-0.39, 0.29) is 11.8 Å². The number of rotatable bonds is 2. The van der Waals surface area contributed by atoms with Gasteiger partial charge in [-0.3, -0.25) is 9.69 Å². The molecule has 0 saturated carbocycles. The molecule has 2 aliphatic heterocycles. The molecule has 1 aromatic heterocycles. The van der Waals surface area contributed by atoms with E-state index in [0.717, 1.165) is 57.0 Å². The first-order valence-corrected chi connectivity index (χ1v) is 8.57. The molecule has 5 heteroatoms. The van der Waals surface area contributed by atoms with Crippen molar-refractivity contribution >= 4 is 11.7 Å². The summed E-state index contributed by atoms with van der Waals surface area (Å²) in [7, 11) is 1.86. The van der Waals surface area contributed by atoms with Crippen LogP contribution in [0, 0.1) is 11.8 Å². The van der Waals surface area contributed by atoms with Crippen LogP contribution in [0.1, 0.15) is 45.7 Å². The van der Waals surface area contributed by atoms with E-state index in [2.05, 4.69) is 6.07 Å². The summed E-state index contributed by atoms with van der Waals surface area (Å²) in [6.07, 6.45) is 4.11. The maximum Gasteiger partial charge on any atom is 0.230 e. The number of fused-ring (bicyclic) bond motifs is 1. The van der Waals surface area contributed by atoms with Gasteiger partial charge in [-0.1, -0.05) is 20.8 Å². The fraction of sp³-hybridized carbons (Fsp3) is 0.765. The lowest BCUT2D eigenvalue weighted by Crippen LogP contribution is -2.30. The number of hydrogen-bond donors (Lipinski definition) is 0. The number of carbonyl (C=O) groups is 1. The Hall–Kier alpha value is -1.36. The van der Waals surface area contributed by atoms with Crippen LogP contribution in [-0.2, 0) is 22.5 Å². The molecule has 0 spiro atoms. The van der Waals surface area contributed by atoms with Crippen LogP contribution in [-0.4, -0.2) is 35.9 Å². The van der Waals surface area contributed by atoms with Crippen LogP contribution < -0.4 is 4.90 Å². The smallest absolute Gasteiger partial charge is 0.230 e. The Bertz CT molecular complexity index is 492. The van der Waals surface area contributed by atoms with Crippen molar-refractivity contribution in [3.8, 4) is 0 Å². The molecule has 1 saturated heterocycles. The number of aromatic nitrogens is 2. The van der Waals surface area contributed by atoms with Gasteiger partial charge in [-0.25, -0.2) is 4.68 Å². The second-order valence-corrected chi connectivity index (χ2v) is 6.06. The number of ether oxygens (including phenoxy) is 1. The average molecular weight is 307 g/mol. The lowest BCUT2D eigenvalue weighted by atomic mass is 9.95. The highest BCUT2D eigenvalue weighted by molar-refractivity contribution is 5.93. The minimum absolute atomic E-state index is 0.0839. The van der Waals surface area contributed by atoms with Gasteiger partial charge in [0.05, 0.1) is 5.69 Å². The van der Waals surface area contributed by atoms with E-state index < -0.39 is 0 Å². The topological polar surface area (TPSA) is 47.4 Å². The largest absolute Gasteiger partial charge is 0.381 e. The van der Waals surface area contributed by atoms with Crippen LogP contribution in [0.5, 0.6) is 0 Å². The molecule has 0 bridgehead atoms. The van der Waals surface area contributed by atoms with Crippen LogP contribution in [0.2, 0.25) is 0 Å². The van der Waals surface area contributed by atoms with Crippen molar-refractivity contribution in [2.45, 2.75) is 53.0 Å². The van der Waals surface area contributed by atoms with Gasteiger partial charge in [0.25, 0.3) is 0 Å². The predicted molar refractivity (Wildman–Crippen MR) is 88.0 cm³/mol. The number of carbonyl (C=O) groups excluding carboxylic acids is 1. The molecule has 2 aliphatic rings. The van der Waals surface area contributed by atoms with E-state index in [1.807, 2.05) is 32.5 Å². The molecule has 3 heterocycles. The van der Waals surface area contributed by atoms with Crippen molar-refractivity contribution in [2.75, 3.05) is 25.2 Å². The van der Waals surface area contributed by atoms with Gasteiger partial charge < -0.3 is 4.74 Å². The zero-order valence-electron chi connectivity index (χ0n) is 14.3. The minimum Gasteiger partial charge on any atom is -0.381 e. The van der Waals surface area contributed by atoms with E-state index in [1.54, 1.807) is 4.90 Å². The van der Waals surface area contributed by atoms with Gasteiger partial charge in [-0.2, -0.15) is 5.10 Å². The molecule has 124 valence electrons.